The van der Waals surface area contributed by atoms with Crippen LogP contribution in [0.15, 0.2) is 42.7 Å². The molecule has 0 aliphatic rings. The summed E-state index contributed by atoms with van der Waals surface area (Å²) >= 11 is 6.17. The third-order valence-corrected chi connectivity index (χ3v) is 2.98. The highest BCUT2D eigenvalue weighted by molar-refractivity contribution is 6.33. The van der Waals surface area contributed by atoms with Gasteiger partial charge >= 0.3 is 0 Å². The lowest BCUT2D eigenvalue weighted by Crippen LogP contribution is -1.91. The van der Waals surface area contributed by atoms with Gasteiger partial charge in [0.1, 0.15) is 5.69 Å². The van der Waals surface area contributed by atoms with Crippen LogP contribution in [0.5, 0.6) is 0 Å². The monoisotopic (exact) mass is 243 g/mol. The SMILES string of the molecule is Cc1cccn2c(-c3ccccn3)nc(Cl)c12. The Hall–Kier alpha value is -1.87. The van der Waals surface area contributed by atoms with Crippen LogP contribution in [0.25, 0.3) is 17.0 Å². The van der Waals surface area contributed by atoms with Crippen molar-refractivity contribution in [1.29, 1.82) is 0 Å². The molecule has 0 aromatic carbocycles. The van der Waals surface area contributed by atoms with Gasteiger partial charge in [-0.2, -0.15) is 0 Å². The number of hydrogen-bond donors (Lipinski definition) is 0. The van der Waals surface area contributed by atoms with Crippen molar-refractivity contribution in [3.05, 3.63) is 53.4 Å². The fourth-order valence-electron chi connectivity index (χ4n) is 1.93. The summed E-state index contributed by atoms with van der Waals surface area (Å²) in [7, 11) is 0. The second-order valence-electron chi connectivity index (χ2n) is 3.85. The van der Waals surface area contributed by atoms with Gasteiger partial charge in [0.25, 0.3) is 0 Å². The lowest BCUT2D eigenvalue weighted by molar-refractivity contribution is 1.12. The minimum Gasteiger partial charge on any atom is -0.297 e. The Bertz CT molecular complexity index is 674. The largest absolute Gasteiger partial charge is 0.297 e. The number of hydrogen-bond acceptors (Lipinski definition) is 2. The summed E-state index contributed by atoms with van der Waals surface area (Å²) in [5.41, 5.74) is 2.86. The first-order chi connectivity index (χ1) is 8.27. The predicted octanol–water partition coefficient (Wildman–Crippen LogP) is 3.36. The number of fused-ring (bicyclic) bond motifs is 1. The fourth-order valence-corrected chi connectivity index (χ4v) is 2.25. The lowest BCUT2D eigenvalue weighted by Gasteiger charge is -2.01. The van der Waals surface area contributed by atoms with Gasteiger partial charge < -0.3 is 0 Å². The van der Waals surface area contributed by atoms with Crippen LogP contribution >= 0.6 is 11.6 Å². The van der Waals surface area contributed by atoms with Crippen molar-refractivity contribution in [2.45, 2.75) is 6.92 Å². The van der Waals surface area contributed by atoms with Crippen molar-refractivity contribution in [1.82, 2.24) is 14.4 Å². The van der Waals surface area contributed by atoms with E-state index in [1.807, 2.05) is 47.9 Å². The molecule has 3 nitrogen and oxygen atoms in total. The molecule has 84 valence electrons. The Balaban J connectivity index is 2.36. The number of halogens is 1. The molecule has 0 radical (unpaired) electrons. The van der Waals surface area contributed by atoms with Gasteiger partial charge in [-0.05, 0) is 30.7 Å². The van der Waals surface area contributed by atoms with E-state index in [-0.39, 0.29) is 0 Å². The Morgan fingerprint density at radius 2 is 2.06 bits per heavy atom. The zero-order chi connectivity index (χ0) is 11.8. The highest BCUT2D eigenvalue weighted by atomic mass is 35.5. The Morgan fingerprint density at radius 3 is 2.82 bits per heavy atom. The summed E-state index contributed by atoms with van der Waals surface area (Å²) in [6, 6.07) is 9.74. The Morgan fingerprint density at radius 1 is 1.18 bits per heavy atom. The first-order valence-corrected chi connectivity index (χ1v) is 5.70. The van der Waals surface area contributed by atoms with Crippen LogP contribution < -0.4 is 0 Å². The van der Waals surface area contributed by atoms with Crippen molar-refractivity contribution in [3.63, 3.8) is 0 Å². The van der Waals surface area contributed by atoms with E-state index in [1.165, 1.54) is 0 Å². The lowest BCUT2D eigenvalue weighted by atomic mass is 10.2. The van der Waals surface area contributed by atoms with Crippen LogP contribution in [-0.4, -0.2) is 14.4 Å². The van der Waals surface area contributed by atoms with E-state index in [0.29, 0.717) is 5.15 Å². The molecule has 0 atom stereocenters. The van der Waals surface area contributed by atoms with Crippen molar-refractivity contribution >= 4 is 17.1 Å². The van der Waals surface area contributed by atoms with E-state index in [4.69, 9.17) is 11.6 Å². The maximum Gasteiger partial charge on any atom is 0.165 e. The Labute approximate surface area is 104 Å². The standard InChI is InChI=1S/C13H10ClN3/c1-9-5-4-8-17-11(9)12(14)16-13(17)10-6-2-3-7-15-10/h2-8H,1H3. The average molecular weight is 244 g/mol. The summed E-state index contributed by atoms with van der Waals surface area (Å²) in [4.78, 5) is 8.69. The van der Waals surface area contributed by atoms with Crippen molar-refractivity contribution in [2.75, 3.05) is 0 Å². The van der Waals surface area contributed by atoms with E-state index in [2.05, 4.69) is 9.97 Å². The van der Waals surface area contributed by atoms with Gasteiger partial charge in [-0.25, -0.2) is 4.98 Å². The molecule has 0 aliphatic carbocycles. The maximum atomic E-state index is 6.17. The fraction of sp³-hybridized carbons (Fsp3) is 0.0769. The van der Waals surface area contributed by atoms with Crippen molar-refractivity contribution in [3.8, 4) is 11.5 Å². The van der Waals surface area contributed by atoms with Gasteiger partial charge in [-0.1, -0.05) is 23.7 Å². The number of aromatic nitrogens is 3. The smallest absolute Gasteiger partial charge is 0.165 e. The normalized spacial score (nSPS) is 10.9. The molecule has 17 heavy (non-hydrogen) atoms. The van der Waals surface area contributed by atoms with Gasteiger partial charge in [0.05, 0.1) is 5.52 Å². The molecule has 0 bridgehead atoms. The third kappa shape index (κ3) is 1.59. The summed E-state index contributed by atoms with van der Waals surface area (Å²) in [5, 5.41) is 0.517. The molecular weight excluding hydrogens is 234 g/mol. The van der Waals surface area contributed by atoms with Gasteiger partial charge in [0.15, 0.2) is 11.0 Å². The molecule has 0 N–H and O–H groups in total. The third-order valence-electron chi connectivity index (χ3n) is 2.72. The minimum absolute atomic E-state index is 0.517. The first kappa shape index (κ1) is 10.3. The zero-order valence-electron chi connectivity index (χ0n) is 9.26. The molecule has 3 heterocycles. The molecule has 0 fully saturated rings. The Kier molecular flexibility index (Phi) is 2.34. The minimum atomic E-state index is 0.517. The van der Waals surface area contributed by atoms with E-state index in [9.17, 15) is 0 Å². The second-order valence-corrected chi connectivity index (χ2v) is 4.21. The second kappa shape index (κ2) is 3.86. The summed E-state index contributed by atoms with van der Waals surface area (Å²) in [6.07, 6.45) is 3.70. The van der Waals surface area contributed by atoms with Gasteiger partial charge in [-0.3, -0.25) is 9.38 Å². The van der Waals surface area contributed by atoms with E-state index in [1.54, 1.807) is 6.20 Å². The average Bonchev–Trinajstić information content (AvgIpc) is 2.69. The molecule has 0 spiro atoms. The summed E-state index contributed by atoms with van der Waals surface area (Å²) in [5.74, 6) is 0.773. The number of pyridine rings is 2. The van der Waals surface area contributed by atoms with Crippen LogP contribution in [0.1, 0.15) is 5.56 Å². The zero-order valence-corrected chi connectivity index (χ0v) is 10.0. The summed E-state index contributed by atoms with van der Waals surface area (Å²) in [6.45, 7) is 2.02. The van der Waals surface area contributed by atoms with Crippen molar-refractivity contribution in [2.24, 2.45) is 0 Å². The molecule has 4 heteroatoms. The molecule has 3 aromatic heterocycles. The number of imidazole rings is 1. The molecule has 0 unspecified atom stereocenters. The molecule has 0 aliphatic heterocycles. The van der Waals surface area contributed by atoms with E-state index < -0.39 is 0 Å². The van der Waals surface area contributed by atoms with Gasteiger partial charge in [-0.15, -0.1) is 0 Å². The van der Waals surface area contributed by atoms with Crippen LogP contribution in [0, 0.1) is 6.92 Å². The highest BCUT2D eigenvalue weighted by Gasteiger charge is 2.12. The number of aryl methyl sites for hydroxylation is 1. The first-order valence-electron chi connectivity index (χ1n) is 5.32. The molecular formula is C13H10ClN3. The van der Waals surface area contributed by atoms with Gasteiger partial charge in [0.2, 0.25) is 0 Å². The summed E-state index contributed by atoms with van der Waals surface area (Å²) < 4.78 is 1.97. The number of rotatable bonds is 1. The highest BCUT2D eigenvalue weighted by Crippen LogP contribution is 2.26. The van der Waals surface area contributed by atoms with Crippen LogP contribution in [-0.2, 0) is 0 Å². The molecule has 0 amide bonds. The quantitative estimate of drug-likeness (QED) is 0.656. The van der Waals surface area contributed by atoms with E-state index >= 15 is 0 Å². The molecule has 0 saturated carbocycles. The molecule has 3 rings (SSSR count). The molecule has 0 saturated heterocycles. The van der Waals surface area contributed by atoms with E-state index in [0.717, 1.165) is 22.6 Å². The molecule has 3 aromatic rings. The topological polar surface area (TPSA) is 30.2 Å². The van der Waals surface area contributed by atoms with Gasteiger partial charge in [0, 0.05) is 12.4 Å². The van der Waals surface area contributed by atoms with Crippen LogP contribution in [0.3, 0.4) is 0 Å². The van der Waals surface area contributed by atoms with Crippen LogP contribution in [0.2, 0.25) is 5.15 Å². The van der Waals surface area contributed by atoms with Crippen molar-refractivity contribution < 1.29 is 0 Å². The maximum absolute atomic E-state index is 6.17. The number of nitrogens with zero attached hydrogens (tertiary/aromatic N) is 3. The predicted molar refractivity (Wildman–Crippen MR) is 68.2 cm³/mol. The van der Waals surface area contributed by atoms with Crippen LogP contribution in [0.4, 0.5) is 0 Å².